The number of alkyl halides is 2. The van der Waals surface area contributed by atoms with Crippen LogP contribution in [-0.4, -0.2) is 31.2 Å². The van der Waals surface area contributed by atoms with E-state index in [-0.39, 0.29) is 11.8 Å². The maximum Gasteiger partial charge on any atom is 0.261 e. The number of anilines is 1. The first-order valence-corrected chi connectivity index (χ1v) is 5.49. The molecule has 0 spiro atoms. The van der Waals surface area contributed by atoms with Crippen molar-refractivity contribution in [3.63, 3.8) is 0 Å². The third-order valence-corrected chi connectivity index (χ3v) is 2.76. The summed E-state index contributed by atoms with van der Waals surface area (Å²) in [5, 5.41) is 12.0. The molecule has 0 bridgehead atoms. The largest absolute Gasteiger partial charge is 0.374 e. The highest BCUT2D eigenvalue weighted by Gasteiger charge is 2.07. The molecule has 0 atom stereocenters. The summed E-state index contributed by atoms with van der Waals surface area (Å²) < 4.78 is 28.0. The molecule has 4 nitrogen and oxygen atoms in total. The molecule has 0 saturated carbocycles. The number of nitriles is 1. The molecule has 0 radical (unpaired) electrons. The van der Waals surface area contributed by atoms with Crippen molar-refractivity contribution in [1.82, 2.24) is 4.98 Å². The van der Waals surface area contributed by atoms with Gasteiger partial charge in [0, 0.05) is 6.54 Å². The summed E-state index contributed by atoms with van der Waals surface area (Å²) in [6, 6.07) is 1.89. The van der Waals surface area contributed by atoms with Crippen LogP contribution >= 0.6 is 22.9 Å². The number of hydrogen-bond donors (Lipinski definition) is 1. The molecule has 0 amide bonds. The molecule has 0 aliphatic rings. The first kappa shape index (κ1) is 13.1. The van der Waals surface area contributed by atoms with Crippen LogP contribution in [0.1, 0.15) is 4.88 Å². The van der Waals surface area contributed by atoms with Gasteiger partial charge in [0.25, 0.3) is 6.43 Å². The normalized spacial score (nSPS) is 10.4. The van der Waals surface area contributed by atoms with Gasteiger partial charge in [-0.3, -0.25) is 0 Å². The van der Waals surface area contributed by atoms with E-state index in [1.165, 1.54) is 0 Å². The minimum Gasteiger partial charge on any atom is -0.374 e. The Morgan fingerprint density at radius 3 is 2.94 bits per heavy atom. The molecule has 0 aliphatic carbocycles. The van der Waals surface area contributed by atoms with Crippen molar-refractivity contribution in [2.24, 2.45) is 0 Å². The second-order valence-electron chi connectivity index (χ2n) is 2.64. The van der Waals surface area contributed by atoms with Gasteiger partial charge < -0.3 is 10.1 Å². The van der Waals surface area contributed by atoms with Gasteiger partial charge in [-0.2, -0.15) is 5.26 Å². The van der Waals surface area contributed by atoms with E-state index in [0.29, 0.717) is 16.6 Å². The van der Waals surface area contributed by atoms with Gasteiger partial charge in [0.15, 0.2) is 10.3 Å². The Balaban J connectivity index is 2.25. The summed E-state index contributed by atoms with van der Waals surface area (Å²) in [5.74, 6) is 0. The predicted molar refractivity (Wildman–Crippen MR) is 57.2 cm³/mol. The average molecular weight is 268 g/mol. The van der Waals surface area contributed by atoms with Crippen LogP contribution < -0.4 is 5.32 Å². The van der Waals surface area contributed by atoms with Gasteiger partial charge in [0.2, 0.25) is 0 Å². The summed E-state index contributed by atoms with van der Waals surface area (Å²) >= 11 is 6.74. The lowest BCUT2D eigenvalue weighted by Crippen LogP contribution is -2.12. The highest BCUT2D eigenvalue weighted by atomic mass is 35.5. The standard InChI is InChI=1S/C8H8ClF2N3OS/c9-7-5(3-12)16-8(14-7)13-1-2-15-4-6(10)11/h6H,1-2,4H2,(H,13,14). The molecule has 0 fully saturated rings. The van der Waals surface area contributed by atoms with Crippen molar-refractivity contribution < 1.29 is 13.5 Å². The van der Waals surface area contributed by atoms with E-state index < -0.39 is 13.0 Å². The van der Waals surface area contributed by atoms with Crippen molar-refractivity contribution in [1.29, 1.82) is 5.26 Å². The monoisotopic (exact) mass is 267 g/mol. The number of ether oxygens (including phenoxy) is 1. The summed E-state index contributed by atoms with van der Waals surface area (Å²) in [5.41, 5.74) is 0. The molecule has 0 unspecified atom stereocenters. The van der Waals surface area contributed by atoms with E-state index >= 15 is 0 Å². The van der Waals surface area contributed by atoms with Crippen LogP contribution in [0.15, 0.2) is 0 Å². The lowest BCUT2D eigenvalue weighted by Gasteiger charge is -2.03. The Hall–Kier alpha value is -0.970. The third-order valence-electron chi connectivity index (χ3n) is 1.45. The first-order valence-electron chi connectivity index (χ1n) is 4.29. The van der Waals surface area contributed by atoms with Crippen LogP contribution in [0.2, 0.25) is 5.15 Å². The average Bonchev–Trinajstić information content (AvgIpc) is 2.58. The Labute approximate surface area is 99.8 Å². The molecule has 1 heterocycles. The van der Waals surface area contributed by atoms with E-state index in [1.54, 1.807) is 0 Å². The number of aromatic nitrogens is 1. The summed E-state index contributed by atoms with van der Waals surface area (Å²) in [4.78, 5) is 4.18. The van der Waals surface area contributed by atoms with E-state index in [2.05, 4.69) is 15.0 Å². The van der Waals surface area contributed by atoms with Crippen LogP contribution in [0.5, 0.6) is 0 Å². The first-order chi connectivity index (χ1) is 7.63. The summed E-state index contributed by atoms with van der Waals surface area (Å²) in [7, 11) is 0. The Bertz CT molecular complexity index is 380. The number of hydrogen-bond acceptors (Lipinski definition) is 5. The number of thiazole rings is 1. The van der Waals surface area contributed by atoms with Gasteiger partial charge in [-0.15, -0.1) is 0 Å². The van der Waals surface area contributed by atoms with Gasteiger partial charge >= 0.3 is 0 Å². The minimum absolute atomic E-state index is 0.142. The van der Waals surface area contributed by atoms with E-state index in [1.807, 2.05) is 6.07 Å². The maximum atomic E-state index is 11.7. The topological polar surface area (TPSA) is 57.9 Å². The second-order valence-corrected chi connectivity index (χ2v) is 4.00. The summed E-state index contributed by atoms with van der Waals surface area (Å²) in [6.07, 6.45) is -2.46. The molecule has 1 rings (SSSR count). The smallest absolute Gasteiger partial charge is 0.261 e. The molecule has 0 saturated heterocycles. The Morgan fingerprint density at radius 2 is 2.38 bits per heavy atom. The second kappa shape index (κ2) is 6.58. The molecule has 0 aromatic carbocycles. The number of halogens is 3. The van der Waals surface area contributed by atoms with Crippen molar-refractivity contribution in [2.75, 3.05) is 25.1 Å². The predicted octanol–water partition coefficient (Wildman–Crippen LogP) is 2.36. The molecule has 1 aromatic heterocycles. The third kappa shape index (κ3) is 4.26. The fourth-order valence-electron chi connectivity index (χ4n) is 0.849. The van der Waals surface area contributed by atoms with Crippen molar-refractivity contribution in [3.05, 3.63) is 10.0 Å². The van der Waals surface area contributed by atoms with E-state index in [0.717, 1.165) is 11.3 Å². The SMILES string of the molecule is N#Cc1sc(NCCOCC(F)F)nc1Cl. The molecule has 0 aliphatic heterocycles. The van der Waals surface area contributed by atoms with Crippen LogP contribution in [0.4, 0.5) is 13.9 Å². The molecule has 1 aromatic rings. The van der Waals surface area contributed by atoms with Crippen molar-refractivity contribution >= 4 is 28.1 Å². The molecular formula is C8H8ClF2N3OS. The van der Waals surface area contributed by atoms with Crippen molar-refractivity contribution in [2.45, 2.75) is 6.43 Å². The van der Waals surface area contributed by atoms with Crippen LogP contribution in [0.3, 0.4) is 0 Å². The fourth-order valence-corrected chi connectivity index (χ4v) is 1.82. The van der Waals surface area contributed by atoms with Crippen LogP contribution in [-0.2, 0) is 4.74 Å². The zero-order chi connectivity index (χ0) is 12.0. The van der Waals surface area contributed by atoms with E-state index in [4.69, 9.17) is 16.9 Å². The van der Waals surface area contributed by atoms with E-state index in [9.17, 15) is 8.78 Å². The minimum atomic E-state index is -2.46. The molecule has 16 heavy (non-hydrogen) atoms. The highest BCUT2D eigenvalue weighted by Crippen LogP contribution is 2.25. The highest BCUT2D eigenvalue weighted by molar-refractivity contribution is 7.16. The van der Waals surface area contributed by atoms with Gasteiger partial charge in [-0.1, -0.05) is 22.9 Å². The number of nitrogens with one attached hydrogen (secondary N) is 1. The lowest BCUT2D eigenvalue weighted by molar-refractivity contribution is 0.0215. The molecule has 1 N–H and O–H groups in total. The van der Waals surface area contributed by atoms with Crippen LogP contribution in [0, 0.1) is 11.3 Å². The Morgan fingerprint density at radius 1 is 1.62 bits per heavy atom. The number of nitrogens with zero attached hydrogens (tertiary/aromatic N) is 2. The Kier molecular flexibility index (Phi) is 5.38. The number of rotatable bonds is 6. The van der Waals surface area contributed by atoms with Gasteiger partial charge in [-0.05, 0) is 0 Å². The van der Waals surface area contributed by atoms with Gasteiger partial charge in [0.1, 0.15) is 17.6 Å². The van der Waals surface area contributed by atoms with Gasteiger partial charge in [0.05, 0.1) is 6.61 Å². The molecule has 88 valence electrons. The zero-order valence-electron chi connectivity index (χ0n) is 8.04. The van der Waals surface area contributed by atoms with Crippen molar-refractivity contribution in [3.8, 4) is 6.07 Å². The molecule has 8 heteroatoms. The quantitative estimate of drug-likeness (QED) is 0.804. The van der Waals surface area contributed by atoms with Crippen LogP contribution in [0.25, 0.3) is 0 Å². The lowest BCUT2D eigenvalue weighted by atomic mass is 10.6. The maximum absolute atomic E-state index is 11.7. The molecular weight excluding hydrogens is 260 g/mol. The fraction of sp³-hybridized carbons (Fsp3) is 0.500. The summed E-state index contributed by atoms with van der Waals surface area (Å²) in [6.45, 7) is -0.103. The van der Waals surface area contributed by atoms with Gasteiger partial charge in [-0.25, -0.2) is 13.8 Å². The zero-order valence-corrected chi connectivity index (χ0v) is 9.62.